The van der Waals surface area contributed by atoms with E-state index in [-0.39, 0.29) is 17.2 Å². The molecule has 86 valence electrons. The number of carboxylic acid groups (broad SMARTS) is 1. The van der Waals surface area contributed by atoms with Gasteiger partial charge in [0.1, 0.15) is 11.6 Å². The number of hydrogen-bond donors (Lipinski definition) is 1. The normalized spacial score (nSPS) is 9.94. The highest BCUT2D eigenvalue weighted by Crippen LogP contribution is 2.19. The summed E-state index contributed by atoms with van der Waals surface area (Å²) in [6.07, 6.45) is 3.55. The van der Waals surface area contributed by atoms with Crippen molar-refractivity contribution < 1.29 is 19.0 Å². The minimum absolute atomic E-state index is 0.00427. The number of hydrogen-bond acceptors (Lipinski definition) is 4. The number of carbonyl (C=O) groups is 1. The largest absolute Gasteiger partial charge is 0.478 e. The van der Waals surface area contributed by atoms with E-state index in [9.17, 15) is 9.18 Å². The van der Waals surface area contributed by atoms with E-state index < -0.39 is 11.8 Å². The van der Waals surface area contributed by atoms with Crippen molar-refractivity contribution in [1.82, 2.24) is 9.97 Å². The van der Waals surface area contributed by atoms with Crippen molar-refractivity contribution >= 4 is 5.97 Å². The van der Waals surface area contributed by atoms with Crippen LogP contribution >= 0.6 is 0 Å². The molecule has 0 spiro atoms. The minimum atomic E-state index is -1.10. The molecule has 2 heterocycles. The van der Waals surface area contributed by atoms with Crippen molar-refractivity contribution in [1.29, 1.82) is 0 Å². The molecule has 0 saturated carbocycles. The number of pyridine rings is 2. The Bertz CT molecular complexity index is 543. The summed E-state index contributed by atoms with van der Waals surface area (Å²) in [7, 11) is 0. The average Bonchev–Trinajstić information content (AvgIpc) is 2.32. The zero-order chi connectivity index (χ0) is 12.3. The molecule has 2 aromatic rings. The fourth-order valence-corrected chi connectivity index (χ4v) is 1.13. The molecule has 0 aromatic carbocycles. The highest BCUT2D eigenvalue weighted by Gasteiger charge is 2.06. The van der Waals surface area contributed by atoms with Gasteiger partial charge in [0.25, 0.3) is 0 Å². The molecule has 0 bridgehead atoms. The zero-order valence-corrected chi connectivity index (χ0v) is 8.50. The lowest BCUT2D eigenvalue weighted by Gasteiger charge is -2.04. The van der Waals surface area contributed by atoms with E-state index in [1.807, 2.05) is 0 Å². The summed E-state index contributed by atoms with van der Waals surface area (Å²) in [5.74, 6) is -1.19. The van der Waals surface area contributed by atoms with Crippen molar-refractivity contribution in [3.8, 4) is 11.6 Å². The van der Waals surface area contributed by atoms with Crippen molar-refractivity contribution in [3.63, 3.8) is 0 Å². The lowest BCUT2D eigenvalue weighted by Crippen LogP contribution is -1.98. The van der Waals surface area contributed by atoms with Gasteiger partial charge in [-0.05, 0) is 12.1 Å². The van der Waals surface area contributed by atoms with Crippen molar-refractivity contribution in [3.05, 3.63) is 48.2 Å². The fraction of sp³-hybridized carbons (Fsp3) is 0. The number of ether oxygens (including phenoxy) is 1. The first-order chi connectivity index (χ1) is 8.15. The Labute approximate surface area is 95.5 Å². The first kappa shape index (κ1) is 11.0. The molecule has 1 N–H and O–H groups in total. The van der Waals surface area contributed by atoms with E-state index in [0.29, 0.717) is 0 Å². The third-order valence-corrected chi connectivity index (χ3v) is 1.88. The Hall–Kier alpha value is -2.50. The molecule has 2 aromatic heterocycles. The highest BCUT2D eigenvalue weighted by molar-refractivity contribution is 5.87. The minimum Gasteiger partial charge on any atom is -0.478 e. The van der Waals surface area contributed by atoms with Gasteiger partial charge in [-0.1, -0.05) is 0 Å². The second-order valence-corrected chi connectivity index (χ2v) is 3.13. The van der Waals surface area contributed by atoms with Crippen molar-refractivity contribution in [2.45, 2.75) is 0 Å². The average molecular weight is 234 g/mol. The number of rotatable bonds is 3. The number of halogens is 1. The monoisotopic (exact) mass is 234 g/mol. The van der Waals surface area contributed by atoms with Gasteiger partial charge in [0.15, 0.2) is 0 Å². The Morgan fingerprint density at radius 3 is 2.76 bits per heavy atom. The molecule has 0 unspecified atom stereocenters. The summed E-state index contributed by atoms with van der Waals surface area (Å²) in [4.78, 5) is 18.1. The van der Waals surface area contributed by atoms with Gasteiger partial charge in [-0.25, -0.2) is 14.2 Å². The number of aromatic carboxylic acids is 1. The number of carboxylic acids is 1. The summed E-state index contributed by atoms with van der Waals surface area (Å²) in [6.45, 7) is 0. The summed E-state index contributed by atoms with van der Waals surface area (Å²) in [5, 5.41) is 8.75. The van der Waals surface area contributed by atoms with Gasteiger partial charge in [-0.15, -0.1) is 0 Å². The van der Waals surface area contributed by atoms with Crippen LogP contribution in [0.3, 0.4) is 0 Å². The second-order valence-electron chi connectivity index (χ2n) is 3.13. The van der Waals surface area contributed by atoms with Gasteiger partial charge < -0.3 is 9.84 Å². The summed E-state index contributed by atoms with van der Waals surface area (Å²) in [5.41, 5.74) is 0.00427. The second kappa shape index (κ2) is 4.56. The molecule has 0 radical (unpaired) electrons. The third kappa shape index (κ3) is 2.75. The molecular formula is C11H7FN2O3. The summed E-state index contributed by atoms with van der Waals surface area (Å²) in [6, 6.07) is 3.83. The van der Waals surface area contributed by atoms with E-state index in [2.05, 4.69) is 9.97 Å². The van der Waals surface area contributed by atoms with Crippen LogP contribution in [-0.2, 0) is 0 Å². The lowest BCUT2D eigenvalue weighted by atomic mass is 10.3. The summed E-state index contributed by atoms with van der Waals surface area (Å²) >= 11 is 0. The molecule has 6 heteroatoms. The van der Waals surface area contributed by atoms with E-state index in [1.54, 1.807) is 0 Å². The smallest absolute Gasteiger partial charge is 0.337 e. The van der Waals surface area contributed by atoms with Gasteiger partial charge >= 0.3 is 5.97 Å². The third-order valence-electron chi connectivity index (χ3n) is 1.88. The highest BCUT2D eigenvalue weighted by atomic mass is 19.1. The Kier molecular flexibility index (Phi) is 2.95. The van der Waals surface area contributed by atoms with Gasteiger partial charge in [0.2, 0.25) is 5.88 Å². The molecule has 2 rings (SSSR count). The lowest BCUT2D eigenvalue weighted by molar-refractivity contribution is 0.0696. The number of nitrogens with zero attached hydrogens (tertiary/aromatic N) is 2. The van der Waals surface area contributed by atoms with Gasteiger partial charge in [-0.3, -0.25) is 4.98 Å². The van der Waals surface area contributed by atoms with Crippen LogP contribution in [0.1, 0.15) is 10.4 Å². The molecule has 0 amide bonds. The Balaban J connectivity index is 2.21. The quantitative estimate of drug-likeness (QED) is 0.880. The van der Waals surface area contributed by atoms with E-state index in [1.165, 1.54) is 30.6 Å². The molecule has 5 nitrogen and oxygen atoms in total. The van der Waals surface area contributed by atoms with Crippen LogP contribution < -0.4 is 4.74 Å². The molecule has 0 aliphatic heterocycles. The zero-order valence-electron chi connectivity index (χ0n) is 8.50. The maximum absolute atomic E-state index is 12.6. The van der Waals surface area contributed by atoms with Crippen LogP contribution in [-0.4, -0.2) is 21.0 Å². The molecule has 0 saturated heterocycles. The number of aromatic nitrogens is 2. The van der Waals surface area contributed by atoms with E-state index >= 15 is 0 Å². The van der Waals surface area contributed by atoms with E-state index in [4.69, 9.17) is 9.84 Å². The molecule has 0 aliphatic carbocycles. The predicted octanol–water partition coefficient (Wildman–Crippen LogP) is 2.11. The van der Waals surface area contributed by atoms with Gasteiger partial charge in [0.05, 0.1) is 18.0 Å². The predicted molar refractivity (Wildman–Crippen MR) is 55.5 cm³/mol. The summed E-state index contributed by atoms with van der Waals surface area (Å²) < 4.78 is 17.8. The van der Waals surface area contributed by atoms with Crippen LogP contribution in [0.2, 0.25) is 0 Å². The van der Waals surface area contributed by atoms with Gasteiger partial charge in [0, 0.05) is 12.3 Å². The van der Waals surface area contributed by atoms with Crippen LogP contribution in [0.5, 0.6) is 11.6 Å². The van der Waals surface area contributed by atoms with Crippen LogP contribution in [0, 0.1) is 5.82 Å². The van der Waals surface area contributed by atoms with E-state index in [0.717, 1.165) is 6.20 Å². The van der Waals surface area contributed by atoms with Crippen LogP contribution in [0.25, 0.3) is 0 Å². The van der Waals surface area contributed by atoms with Crippen LogP contribution in [0.15, 0.2) is 36.8 Å². The Morgan fingerprint density at radius 2 is 2.12 bits per heavy atom. The molecular weight excluding hydrogens is 227 g/mol. The van der Waals surface area contributed by atoms with Crippen molar-refractivity contribution in [2.24, 2.45) is 0 Å². The first-order valence-electron chi connectivity index (χ1n) is 4.63. The molecule has 0 aliphatic rings. The first-order valence-corrected chi connectivity index (χ1v) is 4.63. The van der Waals surface area contributed by atoms with Crippen molar-refractivity contribution in [2.75, 3.05) is 0 Å². The Morgan fingerprint density at radius 1 is 1.29 bits per heavy atom. The fourth-order valence-electron chi connectivity index (χ4n) is 1.13. The molecule has 0 atom stereocenters. The standard InChI is InChI=1S/C11H7FN2O3/c12-8-1-2-10(14-5-8)17-9-3-7(11(15)16)4-13-6-9/h1-6H,(H,15,16). The molecule has 0 fully saturated rings. The SMILES string of the molecule is O=C(O)c1cncc(Oc2ccc(F)cn2)c1. The molecule has 17 heavy (non-hydrogen) atoms. The van der Waals surface area contributed by atoms with Gasteiger partial charge in [-0.2, -0.15) is 0 Å². The maximum Gasteiger partial charge on any atom is 0.337 e. The maximum atomic E-state index is 12.6. The topological polar surface area (TPSA) is 72.3 Å². The van der Waals surface area contributed by atoms with Crippen LogP contribution in [0.4, 0.5) is 4.39 Å².